The Morgan fingerprint density at radius 1 is 1.58 bits per heavy atom. The average molecular weight is 165 g/mol. The van der Waals surface area contributed by atoms with Crippen LogP contribution in [0, 0.1) is 6.92 Å². The average Bonchev–Trinajstić information content (AvgIpc) is 2.31. The van der Waals surface area contributed by atoms with Gasteiger partial charge in [0.1, 0.15) is 18.1 Å². The molecule has 2 rings (SSSR count). The minimum atomic E-state index is -0.180. The zero-order chi connectivity index (χ0) is 8.72. The molecular formula is C9H11NO2. The van der Waals surface area contributed by atoms with E-state index >= 15 is 0 Å². The van der Waals surface area contributed by atoms with E-state index in [4.69, 9.17) is 10.5 Å². The van der Waals surface area contributed by atoms with Gasteiger partial charge in [0, 0.05) is 0 Å². The molecule has 0 saturated heterocycles. The van der Waals surface area contributed by atoms with Crippen LogP contribution in [0.5, 0.6) is 11.5 Å². The van der Waals surface area contributed by atoms with Crippen LogP contribution in [0.4, 0.5) is 0 Å². The number of aryl methyl sites for hydroxylation is 1. The fourth-order valence-corrected chi connectivity index (χ4v) is 1.50. The fourth-order valence-electron chi connectivity index (χ4n) is 1.50. The second-order valence-electron chi connectivity index (χ2n) is 3.11. The van der Waals surface area contributed by atoms with E-state index in [1.54, 1.807) is 6.07 Å². The first-order valence-corrected chi connectivity index (χ1v) is 3.90. The molecule has 12 heavy (non-hydrogen) atoms. The van der Waals surface area contributed by atoms with E-state index in [0.29, 0.717) is 6.61 Å². The molecule has 64 valence electrons. The summed E-state index contributed by atoms with van der Waals surface area (Å²) in [6.45, 7) is 2.37. The van der Waals surface area contributed by atoms with Crippen molar-refractivity contribution in [1.82, 2.24) is 0 Å². The summed E-state index contributed by atoms with van der Waals surface area (Å²) in [4.78, 5) is 0. The van der Waals surface area contributed by atoms with E-state index in [1.807, 2.05) is 13.0 Å². The van der Waals surface area contributed by atoms with Crippen LogP contribution in [0.1, 0.15) is 17.2 Å². The molecule has 3 N–H and O–H groups in total. The van der Waals surface area contributed by atoms with Crippen LogP contribution in [-0.4, -0.2) is 11.7 Å². The van der Waals surface area contributed by atoms with Gasteiger partial charge in [0.05, 0.1) is 11.6 Å². The standard InChI is InChI=1S/C9H11NO2/c1-5-2-7(11)9-6(10)4-12-8(9)3-5/h2-3,6,11H,4,10H2,1H3/t6-/m1/s1. The van der Waals surface area contributed by atoms with Gasteiger partial charge in [-0.15, -0.1) is 0 Å². The van der Waals surface area contributed by atoms with Crippen LogP contribution >= 0.6 is 0 Å². The van der Waals surface area contributed by atoms with Gasteiger partial charge in [0.2, 0.25) is 0 Å². The lowest BCUT2D eigenvalue weighted by Crippen LogP contribution is -2.10. The van der Waals surface area contributed by atoms with E-state index in [1.165, 1.54) is 0 Å². The van der Waals surface area contributed by atoms with E-state index < -0.39 is 0 Å². The summed E-state index contributed by atoms with van der Waals surface area (Å²) in [7, 11) is 0. The lowest BCUT2D eigenvalue weighted by molar-refractivity contribution is 0.333. The van der Waals surface area contributed by atoms with Crippen molar-refractivity contribution in [1.29, 1.82) is 0 Å². The van der Waals surface area contributed by atoms with Crippen molar-refractivity contribution < 1.29 is 9.84 Å². The summed E-state index contributed by atoms with van der Waals surface area (Å²) < 4.78 is 5.29. The van der Waals surface area contributed by atoms with Gasteiger partial charge >= 0.3 is 0 Å². The Bertz CT molecular complexity index is 323. The molecule has 1 atom stereocenters. The Hall–Kier alpha value is -1.22. The lowest BCUT2D eigenvalue weighted by atomic mass is 10.1. The molecule has 1 aromatic rings. The van der Waals surface area contributed by atoms with Crippen LogP contribution < -0.4 is 10.5 Å². The zero-order valence-corrected chi connectivity index (χ0v) is 6.87. The van der Waals surface area contributed by atoms with Gasteiger partial charge in [-0.2, -0.15) is 0 Å². The molecule has 0 unspecified atom stereocenters. The maximum atomic E-state index is 9.52. The summed E-state index contributed by atoms with van der Waals surface area (Å²) in [5.41, 5.74) is 7.44. The van der Waals surface area contributed by atoms with Crippen LogP contribution in [0.3, 0.4) is 0 Å². The van der Waals surface area contributed by atoms with Gasteiger partial charge in [-0.3, -0.25) is 0 Å². The number of phenolic OH excluding ortho intramolecular Hbond substituents is 1. The van der Waals surface area contributed by atoms with Crippen molar-refractivity contribution in [3.05, 3.63) is 23.3 Å². The number of phenols is 1. The molecule has 1 aliphatic heterocycles. The summed E-state index contributed by atoms with van der Waals surface area (Å²) >= 11 is 0. The number of ether oxygens (including phenoxy) is 1. The van der Waals surface area contributed by atoms with Crippen LogP contribution in [0.15, 0.2) is 12.1 Å². The molecule has 0 fully saturated rings. The fraction of sp³-hybridized carbons (Fsp3) is 0.333. The molecule has 0 amide bonds. The molecule has 1 heterocycles. The second-order valence-corrected chi connectivity index (χ2v) is 3.11. The van der Waals surface area contributed by atoms with Gasteiger partial charge in [0.25, 0.3) is 0 Å². The third kappa shape index (κ3) is 0.940. The summed E-state index contributed by atoms with van der Waals surface area (Å²) in [6.07, 6.45) is 0. The first-order valence-electron chi connectivity index (χ1n) is 3.90. The van der Waals surface area contributed by atoms with Crippen LogP contribution in [0.2, 0.25) is 0 Å². The maximum absolute atomic E-state index is 9.52. The first kappa shape index (κ1) is 7.43. The zero-order valence-electron chi connectivity index (χ0n) is 6.87. The SMILES string of the molecule is Cc1cc(O)c2c(c1)OC[C@H]2N. The number of aromatic hydroxyl groups is 1. The second kappa shape index (κ2) is 2.38. The van der Waals surface area contributed by atoms with Crippen molar-refractivity contribution in [2.45, 2.75) is 13.0 Å². The van der Waals surface area contributed by atoms with Crippen molar-refractivity contribution in [2.24, 2.45) is 5.73 Å². The topological polar surface area (TPSA) is 55.5 Å². The van der Waals surface area contributed by atoms with Gasteiger partial charge < -0.3 is 15.6 Å². The summed E-state index contributed by atoms with van der Waals surface area (Å²) in [6, 6.07) is 3.41. The minimum absolute atomic E-state index is 0.180. The van der Waals surface area contributed by atoms with Crippen LogP contribution in [-0.2, 0) is 0 Å². The monoisotopic (exact) mass is 165 g/mol. The normalized spacial score (nSPS) is 20.3. The Kier molecular flexibility index (Phi) is 1.48. The predicted octanol–water partition coefficient (Wildman–Crippen LogP) is 1.09. The highest BCUT2D eigenvalue weighted by atomic mass is 16.5. The number of rotatable bonds is 0. The van der Waals surface area contributed by atoms with Crippen molar-refractivity contribution in [3.63, 3.8) is 0 Å². The smallest absolute Gasteiger partial charge is 0.128 e. The van der Waals surface area contributed by atoms with Crippen LogP contribution in [0.25, 0.3) is 0 Å². The number of hydrogen-bond acceptors (Lipinski definition) is 3. The molecule has 0 spiro atoms. The predicted molar refractivity (Wildman–Crippen MR) is 45.3 cm³/mol. The van der Waals surface area contributed by atoms with E-state index in [-0.39, 0.29) is 11.8 Å². The first-order chi connectivity index (χ1) is 5.68. The number of fused-ring (bicyclic) bond motifs is 1. The molecule has 0 radical (unpaired) electrons. The number of hydrogen-bond donors (Lipinski definition) is 2. The molecule has 0 aliphatic carbocycles. The largest absolute Gasteiger partial charge is 0.507 e. The highest BCUT2D eigenvalue weighted by Gasteiger charge is 2.24. The highest BCUT2D eigenvalue weighted by Crippen LogP contribution is 2.38. The van der Waals surface area contributed by atoms with Crippen molar-refractivity contribution >= 4 is 0 Å². The highest BCUT2D eigenvalue weighted by molar-refractivity contribution is 5.50. The maximum Gasteiger partial charge on any atom is 0.128 e. The van der Waals surface area contributed by atoms with Gasteiger partial charge in [-0.1, -0.05) is 0 Å². The van der Waals surface area contributed by atoms with Crippen molar-refractivity contribution in [3.8, 4) is 11.5 Å². The molecule has 3 heteroatoms. The third-order valence-corrected chi connectivity index (χ3v) is 2.05. The summed E-state index contributed by atoms with van der Waals surface area (Å²) in [5, 5.41) is 9.52. The van der Waals surface area contributed by atoms with E-state index in [9.17, 15) is 5.11 Å². The number of benzene rings is 1. The molecule has 1 aliphatic rings. The Morgan fingerprint density at radius 3 is 3.08 bits per heavy atom. The molecule has 3 nitrogen and oxygen atoms in total. The quantitative estimate of drug-likeness (QED) is 0.605. The molecule has 0 aromatic heterocycles. The molecule has 0 bridgehead atoms. The molecule has 1 aromatic carbocycles. The molecule has 0 saturated carbocycles. The number of nitrogens with two attached hydrogens (primary N) is 1. The van der Waals surface area contributed by atoms with Gasteiger partial charge in [-0.05, 0) is 24.6 Å². The van der Waals surface area contributed by atoms with E-state index in [2.05, 4.69) is 0 Å². The van der Waals surface area contributed by atoms with Gasteiger partial charge in [0.15, 0.2) is 0 Å². The van der Waals surface area contributed by atoms with Crippen molar-refractivity contribution in [2.75, 3.05) is 6.61 Å². The Morgan fingerprint density at radius 2 is 2.33 bits per heavy atom. The minimum Gasteiger partial charge on any atom is -0.507 e. The Labute approximate surface area is 70.8 Å². The van der Waals surface area contributed by atoms with Gasteiger partial charge in [-0.25, -0.2) is 0 Å². The summed E-state index contributed by atoms with van der Waals surface area (Å²) in [5.74, 6) is 0.968. The Balaban J connectivity index is 2.60. The lowest BCUT2D eigenvalue weighted by Gasteiger charge is -2.04. The van der Waals surface area contributed by atoms with E-state index in [0.717, 1.165) is 16.9 Å². The molecular weight excluding hydrogens is 154 g/mol. The third-order valence-electron chi connectivity index (χ3n) is 2.05.